The molecule has 6 heteroatoms. The van der Waals surface area contributed by atoms with Gasteiger partial charge in [-0.2, -0.15) is 0 Å². The Bertz CT molecular complexity index is 866. The molecule has 1 unspecified atom stereocenters. The number of hydrogen-bond acceptors (Lipinski definition) is 3. The molecule has 162 valence electrons. The summed E-state index contributed by atoms with van der Waals surface area (Å²) in [5, 5.41) is 7.13. The summed E-state index contributed by atoms with van der Waals surface area (Å²) in [6, 6.07) is 8.64. The maximum Gasteiger partial charge on any atom is 0.192 e. The predicted octanol–water partition coefficient (Wildman–Crippen LogP) is 4.43. The molecule has 0 saturated heterocycles. The zero-order valence-electron chi connectivity index (χ0n) is 18.5. The number of aliphatic imine (C=N–C) groups is 1. The number of benzene rings is 1. The second-order valence-electron chi connectivity index (χ2n) is 9.02. The number of imidazole rings is 1. The lowest BCUT2D eigenvalue weighted by Gasteiger charge is -2.40. The van der Waals surface area contributed by atoms with E-state index in [2.05, 4.69) is 65.2 Å². The van der Waals surface area contributed by atoms with Gasteiger partial charge in [0, 0.05) is 37.5 Å². The van der Waals surface area contributed by atoms with Gasteiger partial charge < -0.3 is 19.9 Å². The summed E-state index contributed by atoms with van der Waals surface area (Å²) in [6.07, 6.45) is 9.68. The van der Waals surface area contributed by atoms with Gasteiger partial charge in [0.25, 0.3) is 0 Å². The summed E-state index contributed by atoms with van der Waals surface area (Å²) in [5.41, 5.74) is 1.19. The molecular weight excluding hydrogens is 374 g/mol. The van der Waals surface area contributed by atoms with E-state index in [0.717, 1.165) is 49.9 Å². The first-order valence-corrected chi connectivity index (χ1v) is 11.4. The van der Waals surface area contributed by atoms with E-state index < -0.39 is 0 Å². The summed E-state index contributed by atoms with van der Waals surface area (Å²) in [7, 11) is 0. The van der Waals surface area contributed by atoms with Gasteiger partial charge in [0.15, 0.2) is 5.96 Å². The molecule has 1 aliphatic heterocycles. The molecule has 6 nitrogen and oxygen atoms in total. The third-order valence-corrected chi connectivity index (χ3v) is 6.11. The second kappa shape index (κ2) is 9.11. The molecule has 30 heavy (non-hydrogen) atoms. The van der Waals surface area contributed by atoms with E-state index in [-0.39, 0.29) is 11.6 Å². The van der Waals surface area contributed by atoms with Crippen LogP contribution < -0.4 is 15.4 Å². The van der Waals surface area contributed by atoms with Crippen LogP contribution in [0, 0.1) is 5.92 Å². The highest BCUT2D eigenvalue weighted by Gasteiger charge is 2.43. The molecule has 1 saturated carbocycles. The Morgan fingerprint density at radius 3 is 2.87 bits per heavy atom. The van der Waals surface area contributed by atoms with Gasteiger partial charge in [0.2, 0.25) is 0 Å². The van der Waals surface area contributed by atoms with E-state index in [1.807, 2.05) is 12.4 Å². The van der Waals surface area contributed by atoms with Crippen LogP contribution in [-0.4, -0.2) is 27.7 Å². The van der Waals surface area contributed by atoms with Crippen molar-refractivity contribution in [2.45, 2.75) is 77.6 Å². The number of hydrogen-bond donors (Lipinski definition) is 2. The van der Waals surface area contributed by atoms with Crippen LogP contribution in [0.15, 0.2) is 41.7 Å². The first-order valence-electron chi connectivity index (χ1n) is 11.4. The number of guanidine groups is 1. The SMILES string of the molecule is CCNC(=NCc1nccn1CC(C)C)NC1CC2(CCCC2)Oc2ccccc21. The van der Waals surface area contributed by atoms with Gasteiger partial charge in [-0.15, -0.1) is 0 Å². The summed E-state index contributed by atoms with van der Waals surface area (Å²) in [4.78, 5) is 9.40. The lowest BCUT2D eigenvalue weighted by molar-refractivity contribution is 0.0396. The second-order valence-corrected chi connectivity index (χ2v) is 9.02. The zero-order chi connectivity index (χ0) is 21.0. The van der Waals surface area contributed by atoms with E-state index >= 15 is 0 Å². The van der Waals surface area contributed by atoms with E-state index in [9.17, 15) is 0 Å². The third kappa shape index (κ3) is 4.63. The third-order valence-electron chi connectivity index (χ3n) is 6.11. The highest BCUT2D eigenvalue weighted by atomic mass is 16.5. The van der Waals surface area contributed by atoms with E-state index in [1.54, 1.807) is 0 Å². The van der Waals surface area contributed by atoms with Gasteiger partial charge in [0.05, 0.1) is 6.04 Å². The monoisotopic (exact) mass is 409 g/mol. The van der Waals surface area contributed by atoms with Gasteiger partial charge in [-0.05, 0) is 44.6 Å². The van der Waals surface area contributed by atoms with Crippen LogP contribution in [0.2, 0.25) is 0 Å². The molecule has 4 rings (SSSR count). The average Bonchev–Trinajstić information content (AvgIpc) is 3.35. The smallest absolute Gasteiger partial charge is 0.192 e. The van der Waals surface area contributed by atoms with Crippen molar-refractivity contribution in [1.82, 2.24) is 20.2 Å². The lowest BCUT2D eigenvalue weighted by Crippen LogP contribution is -2.46. The maximum absolute atomic E-state index is 6.51. The molecule has 2 heterocycles. The first kappa shape index (κ1) is 20.8. The predicted molar refractivity (Wildman–Crippen MR) is 121 cm³/mol. The highest BCUT2D eigenvalue weighted by Crippen LogP contribution is 2.46. The molecule has 2 aliphatic rings. The summed E-state index contributed by atoms with van der Waals surface area (Å²) in [6.45, 7) is 8.89. The Balaban J connectivity index is 1.53. The molecule has 0 amide bonds. The summed E-state index contributed by atoms with van der Waals surface area (Å²) < 4.78 is 8.71. The molecule has 1 aliphatic carbocycles. The Hall–Kier alpha value is -2.50. The number of nitrogens with zero attached hydrogens (tertiary/aromatic N) is 3. The van der Waals surface area contributed by atoms with Crippen molar-refractivity contribution >= 4 is 5.96 Å². The van der Waals surface area contributed by atoms with Crippen LogP contribution in [-0.2, 0) is 13.1 Å². The summed E-state index contributed by atoms with van der Waals surface area (Å²) >= 11 is 0. The Morgan fingerprint density at radius 1 is 1.30 bits per heavy atom. The quantitative estimate of drug-likeness (QED) is 0.547. The fraction of sp³-hybridized carbons (Fsp3) is 0.583. The van der Waals surface area contributed by atoms with Crippen molar-refractivity contribution in [2.75, 3.05) is 6.54 Å². The van der Waals surface area contributed by atoms with Crippen LogP contribution in [0.1, 0.15) is 70.3 Å². The molecule has 1 fully saturated rings. The fourth-order valence-corrected chi connectivity index (χ4v) is 4.76. The number of ether oxygens (including phenoxy) is 1. The maximum atomic E-state index is 6.51. The Labute approximate surface area is 180 Å². The van der Waals surface area contributed by atoms with Gasteiger partial charge in [0.1, 0.15) is 23.7 Å². The molecular formula is C24H35N5O. The minimum atomic E-state index is -0.0309. The molecule has 1 atom stereocenters. The largest absolute Gasteiger partial charge is 0.487 e. The highest BCUT2D eigenvalue weighted by molar-refractivity contribution is 5.80. The van der Waals surface area contributed by atoms with Gasteiger partial charge in [-0.3, -0.25) is 0 Å². The van der Waals surface area contributed by atoms with E-state index in [0.29, 0.717) is 12.5 Å². The van der Waals surface area contributed by atoms with E-state index in [4.69, 9.17) is 9.73 Å². The van der Waals surface area contributed by atoms with Crippen molar-refractivity contribution in [2.24, 2.45) is 10.9 Å². The minimum absolute atomic E-state index is 0.0309. The standard InChI is InChI=1S/C24H35N5O/c1-4-25-23(27-16-22-26-13-14-29(22)17-18(2)3)28-20-15-24(11-7-8-12-24)30-21-10-6-5-9-19(20)21/h5-6,9-10,13-14,18,20H,4,7-8,11-12,15-17H2,1-3H3,(H2,25,27,28). The Morgan fingerprint density at radius 2 is 2.10 bits per heavy atom. The number of nitrogens with one attached hydrogen (secondary N) is 2. The molecule has 0 bridgehead atoms. The van der Waals surface area contributed by atoms with Crippen molar-refractivity contribution in [3.05, 3.63) is 48.0 Å². The van der Waals surface area contributed by atoms with Crippen molar-refractivity contribution < 1.29 is 4.74 Å². The van der Waals surface area contributed by atoms with Crippen LogP contribution in [0.4, 0.5) is 0 Å². The van der Waals surface area contributed by atoms with E-state index in [1.165, 1.54) is 18.4 Å². The summed E-state index contributed by atoms with van der Waals surface area (Å²) in [5.74, 6) is 3.44. The molecule has 1 aromatic carbocycles. The normalized spacial score (nSPS) is 20.3. The van der Waals surface area contributed by atoms with Crippen molar-refractivity contribution in [3.8, 4) is 5.75 Å². The number of para-hydroxylation sites is 1. The molecule has 2 aromatic rings. The fourth-order valence-electron chi connectivity index (χ4n) is 4.76. The first-order chi connectivity index (χ1) is 14.6. The average molecular weight is 410 g/mol. The topological polar surface area (TPSA) is 63.5 Å². The van der Waals surface area contributed by atoms with Crippen LogP contribution in [0.5, 0.6) is 5.75 Å². The Kier molecular flexibility index (Phi) is 6.30. The molecule has 0 radical (unpaired) electrons. The molecule has 1 spiro atoms. The van der Waals surface area contributed by atoms with Crippen LogP contribution in [0.3, 0.4) is 0 Å². The van der Waals surface area contributed by atoms with Crippen LogP contribution in [0.25, 0.3) is 0 Å². The van der Waals surface area contributed by atoms with Gasteiger partial charge in [-0.1, -0.05) is 32.0 Å². The lowest BCUT2D eigenvalue weighted by atomic mass is 9.86. The number of fused-ring (bicyclic) bond motifs is 1. The minimum Gasteiger partial charge on any atom is -0.487 e. The zero-order valence-corrected chi connectivity index (χ0v) is 18.5. The number of rotatable bonds is 6. The van der Waals surface area contributed by atoms with Crippen molar-refractivity contribution in [1.29, 1.82) is 0 Å². The molecule has 2 N–H and O–H groups in total. The number of aromatic nitrogens is 2. The van der Waals surface area contributed by atoms with Gasteiger partial charge in [-0.25, -0.2) is 9.98 Å². The van der Waals surface area contributed by atoms with Crippen molar-refractivity contribution in [3.63, 3.8) is 0 Å². The van der Waals surface area contributed by atoms with Gasteiger partial charge >= 0.3 is 0 Å². The van der Waals surface area contributed by atoms with Crippen LogP contribution >= 0.6 is 0 Å². The molecule has 1 aromatic heterocycles.